The minimum absolute atomic E-state index is 0.334. The summed E-state index contributed by atoms with van der Waals surface area (Å²) in [7, 11) is 1.37. The van der Waals surface area contributed by atoms with Crippen molar-refractivity contribution >= 4 is 5.97 Å². The molecule has 0 aliphatic heterocycles. The second-order valence-corrected chi connectivity index (χ2v) is 8.16. The van der Waals surface area contributed by atoms with Crippen molar-refractivity contribution in [2.75, 3.05) is 7.11 Å². The molecule has 0 spiro atoms. The smallest absolute Gasteiger partial charge is 0.337 e. The van der Waals surface area contributed by atoms with Gasteiger partial charge in [0, 0.05) is 12.0 Å². The summed E-state index contributed by atoms with van der Waals surface area (Å²) in [6.07, 6.45) is 11.4. The highest BCUT2D eigenvalue weighted by atomic mass is 16.5. The Kier molecular flexibility index (Phi) is 11.0. The molecule has 0 aromatic heterocycles. The fourth-order valence-corrected chi connectivity index (χ4v) is 2.77. The molecule has 146 valence electrons. The lowest BCUT2D eigenvalue weighted by atomic mass is 9.89. The first-order valence-electron chi connectivity index (χ1n) is 10.1. The number of carbonyl (C=O) groups is 1. The Balaban J connectivity index is 2.10. The Morgan fingerprint density at radius 3 is 2.07 bits per heavy atom. The zero-order chi connectivity index (χ0) is 20.0. The lowest BCUT2D eigenvalue weighted by molar-refractivity contribution is 0.0600. The van der Waals surface area contributed by atoms with E-state index in [1.165, 1.54) is 52.1 Å². The van der Waals surface area contributed by atoms with Crippen LogP contribution in [0, 0.1) is 29.1 Å². The van der Waals surface area contributed by atoms with Crippen LogP contribution in [0.4, 0.5) is 0 Å². The molecule has 0 saturated carbocycles. The average molecular weight is 367 g/mol. The average Bonchev–Trinajstić information content (AvgIpc) is 2.64. The fraction of sp³-hybridized carbons (Fsp3) is 0.560. The van der Waals surface area contributed by atoms with Crippen LogP contribution in [-0.4, -0.2) is 13.1 Å². The van der Waals surface area contributed by atoms with Crippen molar-refractivity contribution < 1.29 is 9.53 Å². The number of methoxy groups -OCH3 is 1. The molecule has 1 rings (SSSR count). The normalized spacial score (nSPS) is 10.4. The maximum atomic E-state index is 11.4. The van der Waals surface area contributed by atoms with Crippen molar-refractivity contribution in [3.63, 3.8) is 0 Å². The molecule has 27 heavy (non-hydrogen) atoms. The first-order valence-corrected chi connectivity index (χ1v) is 10.1. The number of ether oxygens (including phenoxy) is 1. The minimum atomic E-state index is -0.334. The number of hydrogen-bond acceptors (Lipinski definition) is 2. The van der Waals surface area contributed by atoms with Crippen LogP contribution in [-0.2, 0) is 4.74 Å². The molecular weight excluding hydrogens is 332 g/mol. The standard InChI is InChI=1S/C25H34O2/c1-25(2,3)21-15-13-11-9-7-5-6-8-10-12-14-16-22-17-19-23(20-18-22)24(26)27-4/h17-20H,5-9,11,13,15,21H2,1-4H3. The van der Waals surface area contributed by atoms with E-state index in [4.69, 9.17) is 0 Å². The van der Waals surface area contributed by atoms with Crippen LogP contribution in [0.2, 0.25) is 0 Å². The molecule has 0 N–H and O–H groups in total. The number of rotatable bonds is 9. The van der Waals surface area contributed by atoms with Gasteiger partial charge in [0.25, 0.3) is 0 Å². The third kappa shape index (κ3) is 11.9. The molecule has 2 heteroatoms. The van der Waals surface area contributed by atoms with Crippen LogP contribution in [0.5, 0.6) is 0 Å². The zero-order valence-electron chi connectivity index (χ0n) is 17.5. The molecule has 0 aliphatic carbocycles. The molecule has 0 fully saturated rings. The fourth-order valence-electron chi connectivity index (χ4n) is 2.77. The predicted molar refractivity (Wildman–Crippen MR) is 113 cm³/mol. The van der Waals surface area contributed by atoms with Gasteiger partial charge in [0.15, 0.2) is 0 Å². The first-order chi connectivity index (χ1) is 12.9. The van der Waals surface area contributed by atoms with Gasteiger partial charge in [-0.25, -0.2) is 4.79 Å². The molecule has 0 unspecified atom stereocenters. The zero-order valence-corrected chi connectivity index (χ0v) is 17.5. The molecule has 0 radical (unpaired) electrons. The van der Waals surface area contributed by atoms with Crippen LogP contribution < -0.4 is 0 Å². The van der Waals surface area contributed by atoms with E-state index in [1.54, 1.807) is 12.1 Å². The van der Waals surface area contributed by atoms with Crippen molar-refractivity contribution in [2.45, 2.75) is 78.6 Å². The molecule has 0 bridgehead atoms. The second kappa shape index (κ2) is 13.1. The summed E-state index contributed by atoms with van der Waals surface area (Å²) < 4.78 is 4.67. The first kappa shape index (κ1) is 22.9. The maximum Gasteiger partial charge on any atom is 0.337 e. The third-order valence-electron chi connectivity index (χ3n) is 4.39. The van der Waals surface area contributed by atoms with Crippen molar-refractivity contribution in [2.24, 2.45) is 5.41 Å². The topological polar surface area (TPSA) is 26.3 Å². The molecule has 1 aromatic carbocycles. The molecule has 2 nitrogen and oxygen atoms in total. The van der Waals surface area contributed by atoms with E-state index < -0.39 is 0 Å². The minimum Gasteiger partial charge on any atom is -0.465 e. The van der Waals surface area contributed by atoms with Gasteiger partial charge >= 0.3 is 5.97 Å². The number of hydrogen-bond donors (Lipinski definition) is 0. The number of carbonyl (C=O) groups excluding carboxylic acids is 1. The van der Waals surface area contributed by atoms with E-state index in [1.807, 2.05) is 12.1 Å². The maximum absolute atomic E-state index is 11.4. The van der Waals surface area contributed by atoms with Gasteiger partial charge in [-0.1, -0.05) is 71.1 Å². The van der Waals surface area contributed by atoms with E-state index >= 15 is 0 Å². The van der Waals surface area contributed by atoms with Crippen molar-refractivity contribution in [3.8, 4) is 23.7 Å². The van der Waals surface area contributed by atoms with Gasteiger partial charge < -0.3 is 4.74 Å². The summed E-state index contributed by atoms with van der Waals surface area (Å²) in [5.41, 5.74) is 1.86. The molecule has 0 saturated heterocycles. The Hall–Kier alpha value is -2.19. The van der Waals surface area contributed by atoms with Gasteiger partial charge in [-0.05, 0) is 54.4 Å². The van der Waals surface area contributed by atoms with Crippen LogP contribution in [0.3, 0.4) is 0 Å². The Labute approximate surface area is 166 Å². The highest BCUT2D eigenvalue weighted by Crippen LogP contribution is 2.22. The summed E-state index contributed by atoms with van der Waals surface area (Å²) in [4.78, 5) is 11.4. The van der Waals surface area contributed by atoms with Crippen molar-refractivity contribution in [1.29, 1.82) is 0 Å². The summed E-state index contributed by atoms with van der Waals surface area (Å²) in [6.45, 7) is 6.96. The Bertz CT molecular complexity index is 669. The van der Waals surface area contributed by atoms with E-state index in [0.29, 0.717) is 11.0 Å². The molecule has 0 atom stereocenters. The quantitative estimate of drug-likeness (QED) is 0.288. The van der Waals surface area contributed by atoms with Gasteiger partial charge in [-0.15, -0.1) is 0 Å². The van der Waals surface area contributed by atoms with E-state index in [9.17, 15) is 4.79 Å². The van der Waals surface area contributed by atoms with Crippen LogP contribution in [0.25, 0.3) is 0 Å². The molecule has 1 aromatic rings. The lowest BCUT2D eigenvalue weighted by Crippen LogP contribution is -2.03. The molecule has 0 amide bonds. The van der Waals surface area contributed by atoms with Crippen molar-refractivity contribution in [1.82, 2.24) is 0 Å². The summed E-state index contributed by atoms with van der Waals surface area (Å²) >= 11 is 0. The summed E-state index contributed by atoms with van der Waals surface area (Å²) in [5, 5.41) is 0. The van der Waals surface area contributed by atoms with Gasteiger partial charge in [0.2, 0.25) is 0 Å². The number of benzene rings is 1. The second-order valence-electron chi connectivity index (χ2n) is 8.16. The van der Waals surface area contributed by atoms with Crippen LogP contribution in [0.15, 0.2) is 24.3 Å². The Morgan fingerprint density at radius 2 is 1.48 bits per heavy atom. The monoisotopic (exact) mass is 366 g/mol. The van der Waals surface area contributed by atoms with Gasteiger partial charge in [0.1, 0.15) is 0 Å². The highest BCUT2D eigenvalue weighted by molar-refractivity contribution is 5.89. The largest absolute Gasteiger partial charge is 0.465 e. The molecule has 0 aliphatic rings. The van der Waals surface area contributed by atoms with Crippen molar-refractivity contribution in [3.05, 3.63) is 35.4 Å². The SMILES string of the molecule is COC(=O)c1ccc(C#CC#CCCCCCCCCCC(C)(C)C)cc1. The van der Waals surface area contributed by atoms with Gasteiger partial charge in [0.05, 0.1) is 12.7 Å². The highest BCUT2D eigenvalue weighted by Gasteiger charge is 2.08. The van der Waals surface area contributed by atoms with Crippen LogP contribution in [0.1, 0.15) is 94.5 Å². The van der Waals surface area contributed by atoms with Gasteiger partial charge in [-0.2, -0.15) is 0 Å². The van der Waals surface area contributed by atoms with E-state index in [0.717, 1.165) is 18.4 Å². The summed E-state index contributed by atoms with van der Waals surface area (Å²) in [5.74, 6) is 11.6. The molecule has 0 heterocycles. The van der Waals surface area contributed by atoms with Crippen LogP contribution >= 0.6 is 0 Å². The lowest BCUT2D eigenvalue weighted by Gasteiger charge is -2.17. The Morgan fingerprint density at radius 1 is 0.889 bits per heavy atom. The third-order valence-corrected chi connectivity index (χ3v) is 4.39. The molecular formula is C25H34O2. The summed E-state index contributed by atoms with van der Waals surface area (Å²) in [6, 6.07) is 7.05. The number of unbranched alkanes of at least 4 members (excludes halogenated alkanes) is 7. The number of esters is 1. The van der Waals surface area contributed by atoms with E-state index in [2.05, 4.69) is 49.2 Å². The predicted octanol–water partition coefficient (Wildman–Crippen LogP) is 6.39. The van der Waals surface area contributed by atoms with Gasteiger partial charge in [-0.3, -0.25) is 0 Å². The van der Waals surface area contributed by atoms with E-state index in [-0.39, 0.29) is 5.97 Å².